The molecule has 2 aromatic carbocycles. The van der Waals surface area contributed by atoms with Crippen LogP contribution in [0.25, 0.3) is 5.57 Å². The molecule has 116 valence electrons. The highest BCUT2D eigenvalue weighted by Gasteiger charge is 2.43. The molecule has 4 rings (SSSR count). The van der Waals surface area contributed by atoms with E-state index in [4.69, 9.17) is 0 Å². The van der Waals surface area contributed by atoms with Crippen molar-refractivity contribution in [1.82, 2.24) is 10.2 Å². The van der Waals surface area contributed by atoms with Crippen LogP contribution in [0.3, 0.4) is 0 Å². The standard InChI is InChI=1S/C18H14F2N2O/c19-12-6-7-15(20)13(8-12)14-9-16(11-4-2-1-3-5-11)22-17(14)10-21-18(22)23/h1-9,16-17H,10H2,(H,21,23)/t16?,17-/m0/s1. The highest BCUT2D eigenvalue weighted by atomic mass is 19.1. The molecule has 2 aliphatic heterocycles. The van der Waals surface area contributed by atoms with Gasteiger partial charge < -0.3 is 10.2 Å². The van der Waals surface area contributed by atoms with E-state index in [2.05, 4.69) is 5.32 Å². The lowest BCUT2D eigenvalue weighted by Gasteiger charge is -2.24. The fourth-order valence-electron chi connectivity index (χ4n) is 3.35. The van der Waals surface area contributed by atoms with Gasteiger partial charge in [0.25, 0.3) is 0 Å². The van der Waals surface area contributed by atoms with E-state index in [1.807, 2.05) is 36.4 Å². The Bertz CT molecular complexity index is 804. The smallest absolute Gasteiger partial charge is 0.318 e. The lowest BCUT2D eigenvalue weighted by atomic mass is 9.99. The predicted octanol–water partition coefficient (Wildman–Crippen LogP) is 3.50. The van der Waals surface area contributed by atoms with Gasteiger partial charge in [0.05, 0.1) is 12.1 Å². The number of nitrogens with zero attached hydrogens (tertiary/aromatic N) is 1. The van der Waals surface area contributed by atoms with Crippen LogP contribution in [0.15, 0.2) is 54.6 Å². The zero-order valence-electron chi connectivity index (χ0n) is 12.2. The van der Waals surface area contributed by atoms with E-state index in [0.717, 1.165) is 17.7 Å². The molecule has 0 aliphatic carbocycles. The molecule has 2 aliphatic rings. The molecule has 2 atom stereocenters. The first kappa shape index (κ1) is 13.9. The molecule has 2 amide bonds. The maximum atomic E-state index is 14.2. The number of hydrogen-bond acceptors (Lipinski definition) is 1. The molecule has 0 radical (unpaired) electrons. The quantitative estimate of drug-likeness (QED) is 0.904. The molecule has 0 bridgehead atoms. The summed E-state index contributed by atoms with van der Waals surface area (Å²) < 4.78 is 27.7. The largest absolute Gasteiger partial charge is 0.336 e. The van der Waals surface area contributed by atoms with Gasteiger partial charge in [-0.25, -0.2) is 13.6 Å². The van der Waals surface area contributed by atoms with Gasteiger partial charge in [0.2, 0.25) is 0 Å². The van der Waals surface area contributed by atoms with E-state index >= 15 is 0 Å². The zero-order valence-corrected chi connectivity index (χ0v) is 12.2. The Kier molecular flexibility index (Phi) is 3.15. The second-order valence-corrected chi connectivity index (χ2v) is 5.71. The third-order valence-corrected chi connectivity index (χ3v) is 4.39. The molecule has 3 nitrogen and oxygen atoms in total. The average molecular weight is 312 g/mol. The fraction of sp³-hybridized carbons (Fsp3) is 0.167. The van der Waals surface area contributed by atoms with Gasteiger partial charge in [-0.1, -0.05) is 36.4 Å². The van der Waals surface area contributed by atoms with Crippen molar-refractivity contribution in [2.75, 3.05) is 6.54 Å². The van der Waals surface area contributed by atoms with Crippen molar-refractivity contribution >= 4 is 11.6 Å². The summed E-state index contributed by atoms with van der Waals surface area (Å²) in [5.74, 6) is -0.972. The molecule has 0 spiro atoms. The van der Waals surface area contributed by atoms with Crippen molar-refractivity contribution in [1.29, 1.82) is 0 Å². The number of nitrogens with one attached hydrogen (secondary N) is 1. The summed E-state index contributed by atoms with van der Waals surface area (Å²) in [6.45, 7) is 0.393. The molecular weight excluding hydrogens is 298 g/mol. The van der Waals surface area contributed by atoms with Crippen LogP contribution in [-0.4, -0.2) is 23.5 Å². The lowest BCUT2D eigenvalue weighted by molar-refractivity contribution is 0.205. The van der Waals surface area contributed by atoms with Gasteiger partial charge in [-0.15, -0.1) is 0 Å². The van der Waals surface area contributed by atoms with Gasteiger partial charge in [-0.3, -0.25) is 0 Å². The Morgan fingerprint density at radius 1 is 1.09 bits per heavy atom. The van der Waals surface area contributed by atoms with E-state index in [1.54, 1.807) is 4.90 Å². The number of benzene rings is 2. The first-order valence-electron chi connectivity index (χ1n) is 7.43. The molecule has 2 heterocycles. The van der Waals surface area contributed by atoms with Gasteiger partial charge >= 0.3 is 6.03 Å². The number of fused-ring (bicyclic) bond motifs is 1. The monoisotopic (exact) mass is 312 g/mol. The number of urea groups is 1. The number of amides is 2. The average Bonchev–Trinajstić information content (AvgIpc) is 3.12. The highest BCUT2D eigenvalue weighted by molar-refractivity contribution is 5.87. The molecule has 1 unspecified atom stereocenters. The second-order valence-electron chi connectivity index (χ2n) is 5.71. The number of carbonyl (C=O) groups is 1. The number of carbonyl (C=O) groups excluding carboxylic acids is 1. The Hall–Kier alpha value is -2.69. The normalized spacial score (nSPS) is 22.8. The van der Waals surface area contributed by atoms with E-state index in [1.165, 1.54) is 6.07 Å². The van der Waals surface area contributed by atoms with Crippen molar-refractivity contribution < 1.29 is 13.6 Å². The van der Waals surface area contributed by atoms with Crippen LogP contribution >= 0.6 is 0 Å². The molecule has 1 N–H and O–H groups in total. The van der Waals surface area contributed by atoms with Crippen LogP contribution in [0.4, 0.5) is 13.6 Å². The van der Waals surface area contributed by atoms with Gasteiger partial charge in [-0.2, -0.15) is 0 Å². The minimum absolute atomic E-state index is 0.188. The fourth-order valence-corrected chi connectivity index (χ4v) is 3.35. The van der Waals surface area contributed by atoms with Crippen LogP contribution in [0.5, 0.6) is 0 Å². The minimum atomic E-state index is -0.491. The maximum Gasteiger partial charge on any atom is 0.318 e. The molecular formula is C18H14F2N2O. The Morgan fingerprint density at radius 3 is 2.65 bits per heavy atom. The Labute approximate surface area is 132 Å². The number of halogens is 2. The Morgan fingerprint density at radius 2 is 1.87 bits per heavy atom. The lowest BCUT2D eigenvalue weighted by Crippen LogP contribution is -2.33. The summed E-state index contributed by atoms with van der Waals surface area (Å²) in [7, 11) is 0. The van der Waals surface area contributed by atoms with E-state index in [-0.39, 0.29) is 23.7 Å². The summed E-state index contributed by atoms with van der Waals surface area (Å²) in [6.07, 6.45) is 1.86. The summed E-state index contributed by atoms with van der Waals surface area (Å²) in [5, 5.41) is 2.79. The van der Waals surface area contributed by atoms with Crippen LogP contribution in [0, 0.1) is 11.6 Å². The molecule has 5 heteroatoms. The Balaban J connectivity index is 1.83. The number of hydrogen-bond donors (Lipinski definition) is 1. The molecule has 1 saturated heterocycles. The van der Waals surface area contributed by atoms with Crippen molar-refractivity contribution in [2.45, 2.75) is 12.1 Å². The van der Waals surface area contributed by atoms with Gasteiger partial charge in [0.15, 0.2) is 0 Å². The van der Waals surface area contributed by atoms with Gasteiger partial charge in [-0.05, 0) is 29.3 Å². The SMILES string of the molecule is O=C1NC[C@H]2C(c3cc(F)ccc3F)=CC(c3ccccc3)N12. The summed E-state index contributed by atoms with van der Waals surface area (Å²) in [4.78, 5) is 13.9. The predicted molar refractivity (Wildman–Crippen MR) is 82.5 cm³/mol. The second kappa shape index (κ2) is 5.19. The van der Waals surface area contributed by atoms with Crippen LogP contribution in [0.1, 0.15) is 17.2 Å². The van der Waals surface area contributed by atoms with Gasteiger partial charge in [0, 0.05) is 12.1 Å². The van der Waals surface area contributed by atoms with Crippen molar-refractivity contribution in [3.8, 4) is 0 Å². The first-order chi connectivity index (χ1) is 11.1. The topological polar surface area (TPSA) is 32.3 Å². The van der Waals surface area contributed by atoms with Crippen LogP contribution in [-0.2, 0) is 0 Å². The van der Waals surface area contributed by atoms with Crippen molar-refractivity contribution in [2.24, 2.45) is 0 Å². The molecule has 0 aromatic heterocycles. The van der Waals surface area contributed by atoms with Crippen LogP contribution in [0.2, 0.25) is 0 Å². The minimum Gasteiger partial charge on any atom is -0.336 e. The highest BCUT2D eigenvalue weighted by Crippen LogP contribution is 2.41. The first-order valence-corrected chi connectivity index (χ1v) is 7.43. The third-order valence-electron chi connectivity index (χ3n) is 4.39. The van der Waals surface area contributed by atoms with Gasteiger partial charge in [0.1, 0.15) is 11.6 Å². The molecule has 2 aromatic rings. The van der Waals surface area contributed by atoms with Crippen molar-refractivity contribution in [3.05, 3.63) is 77.4 Å². The zero-order chi connectivity index (χ0) is 16.0. The summed E-state index contributed by atoms with van der Waals surface area (Å²) in [6, 6.07) is 12.2. The summed E-state index contributed by atoms with van der Waals surface area (Å²) >= 11 is 0. The molecule has 1 fully saturated rings. The molecule has 0 saturated carbocycles. The van der Waals surface area contributed by atoms with E-state index < -0.39 is 11.6 Å². The number of rotatable bonds is 2. The van der Waals surface area contributed by atoms with E-state index in [0.29, 0.717) is 12.1 Å². The third kappa shape index (κ3) is 2.20. The van der Waals surface area contributed by atoms with E-state index in [9.17, 15) is 13.6 Å². The maximum absolute atomic E-state index is 14.2. The molecule has 23 heavy (non-hydrogen) atoms. The van der Waals surface area contributed by atoms with Crippen molar-refractivity contribution in [3.63, 3.8) is 0 Å². The summed E-state index contributed by atoms with van der Waals surface area (Å²) in [5.41, 5.74) is 1.81. The van der Waals surface area contributed by atoms with Crippen LogP contribution < -0.4 is 5.32 Å².